The van der Waals surface area contributed by atoms with Crippen LogP contribution in [0.25, 0.3) is 0 Å². The van der Waals surface area contributed by atoms with Gasteiger partial charge in [0, 0.05) is 14.7 Å². The van der Waals surface area contributed by atoms with E-state index in [0.717, 1.165) is 31.7 Å². The van der Waals surface area contributed by atoms with Gasteiger partial charge in [0.05, 0.1) is 17.1 Å². The minimum atomic E-state index is -0.151. The summed E-state index contributed by atoms with van der Waals surface area (Å²) < 4.78 is 0. The molecule has 0 unspecified atom stereocenters. The van der Waals surface area contributed by atoms with Gasteiger partial charge < -0.3 is 5.32 Å². The van der Waals surface area contributed by atoms with E-state index in [1.165, 1.54) is 0 Å². The number of carbonyl (C=O) groups excluding carboxylic acids is 1. The summed E-state index contributed by atoms with van der Waals surface area (Å²) in [7, 11) is 0. The van der Waals surface area contributed by atoms with Gasteiger partial charge in [0.2, 0.25) is 0 Å². The Morgan fingerprint density at radius 3 is 2.08 bits per heavy atom. The topological polar surface area (TPSA) is 32.3 Å². The summed E-state index contributed by atoms with van der Waals surface area (Å²) >= 11 is 3.31. The summed E-state index contributed by atoms with van der Waals surface area (Å²) in [4.78, 5) is 18.1. The Kier molecular flexibility index (Phi) is 4.42. The number of hydrogen-bond acceptors (Lipinski definition) is 3. The lowest BCUT2D eigenvalue weighted by atomic mass is 10.2. The number of amides is 2. The number of hydrogen-bond donors (Lipinski definition) is 1. The van der Waals surface area contributed by atoms with Crippen molar-refractivity contribution in [2.75, 3.05) is 16.5 Å². The maximum atomic E-state index is 13.2. The van der Waals surface area contributed by atoms with Crippen molar-refractivity contribution in [3.63, 3.8) is 0 Å². The number of nitrogens with zero attached hydrogens (tertiary/aromatic N) is 1. The quantitative estimate of drug-likeness (QED) is 0.546. The molecule has 0 spiro atoms. The Labute approximate surface area is 155 Å². The Bertz CT molecular complexity index is 897. The summed E-state index contributed by atoms with van der Waals surface area (Å²) in [5, 5.41) is 3.07. The monoisotopic (exact) mass is 364 g/mol. The van der Waals surface area contributed by atoms with Crippen LogP contribution in [0.4, 0.5) is 21.9 Å². The Hall–Kier alpha value is -2.37. The van der Waals surface area contributed by atoms with Crippen LogP contribution in [-0.2, 0) is 0 Å². The molecule has 0 fully saturated rings. The zero-order valence-electron chi connectivity index (χ0n) is 13.6. The first-order valence-corrected chi connectivity index (χ1v) is 9.92. The summed E-state index contributed by atoms with van der Waals surface area (Å²) in [5.41, 5.74) is 2.64. The normalized spacial score (nSPS) is 12.3. The van der Waals surface area contributed by atoms with Crippen molar-refractivity contribution < 1.29 is 4.79 Å². The number of anilines is 3. The average Bonchev–Trinajstić information content (AvgIpc) is 2.66. The van der Waals surface area contributed by atoms with Crippen molar-refractivity contribution >= 4 is 46.6 Å². The molecule has 124 valence electrons. The number of fused-ring (bicyclic) bond motifs is 2. The zero-order valence-corrected chi connectivity index (χ0v) is 15.2. The molecule has 5 heteroatoms. The van der Waals surface area contributed by atoms with Gasteiger partial charge in [0.1, 0.15) is 0 Å². The number of benzene rings is 3. The highest BCUT2D eigenvalue weighted by atomic mass is 32.2. The van der Waals surface area contributed by atoms with Crippen molar-refractivity contribution in [2.45, 2.75) is 14.7 Å². The van der Waals surface area contributed by atoms with Crippen LogP contribution in [0.15, 0.2) is 87.5 Å². The summed E-state index contributed by atoms with van der Waals surface area (Å²) in [6.45, 7) is 0. The van der Waals surface area contributed by atoms with E-state index < -0.39 is 0 Å². The van der Waals surface area contributed by atoms with E-state index in [-0.39, 0.29) is 6.03 Å². The van der Waals surface area contributed by atoms with Gasteiger partial charge in [0.15, 0.2) is 0 Å². The molecular formula is C20H16N2OS2. The highest BCUT2D eigenvalue weighted by Gasteiger charge is 2.28. The lowest BCUT2D eigenvalue weighted by Crippen LogP contribution is -2.32. The molecule has 1 aliphatic rings. The highest BCUT2D eigenvalue weighted by Crippen LogP contribution is 2.48. The molecule has 3 nitrogen and oxygen atoms in total. The molecule has 1 N–H and O–H groups in total. The van der Waals surface area contributed by atoms with Crippen molar-refractivity contribution in [3.8, 4) is 0 Å². The molecule has 0 atom stereocenters. The van der Waals surface area contributed by atoms with Gasteiger partial charge in [-0.05, 0) is 42.7 Å². The molecule has 2 amide bonds. The molecule has 0 bridgehead atoms. The molecule has 1 heterocycles. The molecule has 0 aromatic heterocycles. The lowest BCUT2D eigenvalue weighted by molar-refractivity contribution is 0.258. The standard InChI is InChI=1S/C20H16N2OS2/c1-24-17-11-5-2-8-14(17)21-20(23)22-15-9-3-6-12-18(15)25-19-13-7-4-10-16(19)22/h2-13H,1H3,(H,21,23). The maximum absolute atomic E-state index is 13.2. The van der Waals surface area contributed by atoms with E-state index in [1.54, 1.807) is 28.4 Å². The minimum absolute atomic E-state index is 0.151. The molecule has 0 saturated heterocycles. The van der Waals surface area contributed by atoms with Gasteiger partial charge in [-0.2, -0.15) is 0 Å². The third-order valence-electron chi connectivity index (χ3n) is 3.98. The fourth-order valence-electron chi connectivity index (χ4n) is 2.84. The predicted molar refractivity (Wildman–Crippen MR) is 106 cm³/mol. The fraction of sp³-hybridized carbons (Fsp3) is 0.0500. The van der Waals surface area contributed by atoms with Crippen molar-refractivity contribution in [1.82, 2.24) is 0 Å². The molecule has 1 aliphatic heterocycles. The van der Waals surface area contributed by atoms with Gasteiger partial charge in [0.25, 0.3) is 0 Å². The molecule has 0 aliphatic carbocycles. The van der Waals surface area contributed by atoms with Crippen LogP contribution in [0.3, 0.4) is 0 Å². The first-order chi connectivity index (χ1) is 12.3. The van der Waals surface area contributed by atoms with Crippen LogP contribution in [0, 0.1) is 0 Å². The van der Waals surface area contributed by atoms with Crippen LogP contribution < -0.4 is 10.2 Å². The first kappa shape index (κ1) is 16.1. The van der Waals surface area contributed by atoms with Crippen molar-refractivity contribution in [1.29, 1.82) is 0 Å². The summed E-state index contributed by atoms with van der Waals surface area (Å²) in [6, 6.07) is 23.7. The Morgan fingerprint density at radius 1 is 0.880 bits per heavy atom. The Morgan fingerprint density at radius 2 is 1.44 bits per heavy atom. The average molecular weight is 364 g/mol. The molecule has 4 rings (SSSR count). The lowest BCUT2D eigenvalue weighted by Gasteiger charge is -2.31. The number of carbonyl (C=O) groups is 1. The third-order valence-corrected chi connectivity index (χ3v) is 5.91. The number of thioether (sulfide) groups is 1. The first-order valence-electron chi connectivity index (χ1n) is 7.88. The maximum Gasteiger partial charge on any atom is 0.331 e. The number of urea groups is 1. The second kappa shape index (κ2) is 6.86. The van der Waals surface area contributed by atoms with E-state index in [9.17, 15) is 4.79 Å². The van der Waals surface area contributed by atoms with Crippen LogP contribution in [0.1, 0.15) is 0 Å². The fourth-order valence-corrected chi connectivity index (χ4v) is 4.45. The second-order valence-electron chi connectivity index (χ2n) is 5.50. The smallest absolute Gasteiger partial charge is 0.306 e. The number of para-hydroxylation sites is 3. The van der Waals surface area contributed by atoms with E-state index in [0.29, 0.717) is 0 Å². The predicted octanol–water partition coefficient (Wildman–Crippen LogP) is 6.24. The zero-order chi connectivity index (χ0) is 17.2. The largest absolute Gasteiger partial charge is 0.331 e. The van der Waals surface area contributed by atoms with E-state index >= 15 is 0 Å². The number of rotatable bonds is 2. The van der Waals surface area contributed by atoms with Crippen molar-refractivity contribution in [3.05, 3.63) is 72.8 Å². The molecule has 25 heavy (non-hydrogen) atoms. The molecule has 0 radical (unpaired) electrons. The highest BCUT2D eigenvalue weighted by molar-refractivity contribution is 7.99. The Balaban J connectivity index is 1.75. The van der Waals surface area contributed by atoms with Gasteiger partial charge >= 0.3 is 6.03 Å². The van der Waals surface area contributed by atoms with E-state index in [2.05, 4.69) is 5.32 Å². The van der Waals surface area contributed by atoms with Gasteiger partial charge in [-0.1, -0.05) is 48.2 Å². The van der Waals surface area contributed by atoms with Crippen molar-refractivity contribution in [2.24, 2.45) is 0 Å². The second-order valence-corrected chi connectivity index (χ2v) is 7.44. The molecular weight excluding hydrogens is 348 g/mol. The number of nitrogens with one attached hydrogen (secondary N) is 1. The van der Waals surface area contributed by atoms with Crippen LogP contribution in [0.5, 0.6) is 0 Å². The minimum Gasteiger partial charge on any atom is -0.306 e. The molecule has 0 saturated carbocycles. The van der Waals surface area contributed by atoms with Gasteiger partial charge in [-0.25, -0.2) is 4.79 Å². The van der Waals surface area contributed by atoms with Crippen LogP contribution in [-0.4, -0.2) is 12.3 Å². The van der Waals surface area contributed by atoms with Crippen LogP contribution in [0.2, 0.25) is 0 Å². The molecule has 3 aromatic carbocycles. The third kappa shape index (κ3) is 3.01. The van der Waals surface area contributed by atoms with E-state index in [4.69, 9.17) is 0 Å². The van der Waals surface area contributed by atoms with Gasteiger partial charge in [-0.3, -0.25) is 4.90 Å². The van der Waals surface area contributed by atoms with Gasteiger partial charge in [-0.15, -0.1) is 11.8 Å². The van der Waals surface area contributed by atoms with Crippen LogP contribution >= 0.6 is 23.5 Å². The SMILES string of the molecule is CSc1ccccc1NC(=O)N1c2ccccc2Sc2ccccc21. The van der Waals surface area contributed by atoms with E-state index in [1.807, 2.05) is 79.1 Å². The summed E-state index contributed by atoms with van der Waals surface area (Å²) in [5.74, 6) is 0. The summed E-state index contributed by atoms with van der Waals surface area (Å²) in [6.07, 6.45) is 2.01. The molecule has 3 aromatic rings.